The standard InChI is InChI=1S/C10H8N2O4S/c13-9-6-5-7-3-1-2-4-8(7)10(9)11-12-17(14,15)16/h1-6,13H,(H,14,15,16). The fourth-order valence-electron chi connectivity index (χ4n) is 1.44. The zero-order valence-electron chi connectivity index (χ0n) is 8.48. The second-order valence-electron chi connectivity index (χ2n) is 3.28. The molecule has 0 aliphatic rings. The molecule has 2 aromatic rings. The van der Waals surface area contributed by atoms with Crippen molar-refractivity contribution in [2.45, 2.75) is 0 Å². The lowest BCUT2D eigenvalue weighted by atomic mass is 10.1. The molecule has 17 heavy (non-hydrogen) atoms. The molecule has 2 aromatic carbocycles. The highest BCUT2D eigenvalue weighted by Crippen LogP contribution is 2.35. The van der Waals surface area contributed by atoms with Crippen LogP contribution >= 0.6 is 0 Å². The Morgan fingerprint density at radius 2 is 1.76 bits per heavy atom. The van der Waals surface area contributed by atoms with Gasteiger partial charge in [-0.05, 0) is 16.0 Å². The molecule has 0 aliphatic heterocycles. The predicted octanol–water partition coefficient (Wildman–Crippen LogP) is 2.43. The van der Waals surface area contributed by atoms with E-state index in [0.29, 0.717) is 5.39 Å². The average Bonchev–Trinajstić information content (AvgIpc) is 2.26. The number of nitrogens with zero attached hydrogens (tertiary/aromatic N) is 2. The van der Waals surface area contributed by atoms with Crippen LogP contribution < -0.4 is 0 Å². The van der Waals surface area contributed by atoms with Crippen LogP contribution in [0.15, 0.2) is 46.0 Å². The zero-order valence-corrected chi connectivity index (χ0v) is 9.29. The van der Waals surface area contributed by atoms with E-state index in [1.54, 1.807) is 30.3 Å². The van der Waals surface area contributed by atoms with Gasteiger partial charge >= 0.3 is 10.3 Å². The Hall–Kier alpha value is -1.99. The molecule has 6 nitrogen and oxygen atoms in total. The lowest BCUT2D eigenvalue weighted by Crippen LogP contribution is -1.88. The summed E-state index contributed by atoms with van der Waals surface area (Å²) in [5.41, 5.74) is 0.000671. The van der Waals surface area contributed by atoms with Crippen LogP contribution in [0, 0.1) is 0 Å². The molecule has 0 saturated heterocycles. The van der Waals surface area contributed by atoms with Gasteiger partial charge in [-0.15, -0.1) is 5.11 Å². The van der Waals surface area contributed by atoms with E-state index >= 15 is 0 Å². The molecule has 88 valence electrons. The number of phenolic OH excluding ortho intramolecular Hbond substituents is 1. The molecule has 0 heterocycles. The molecule has 0 bridgehead atoms. The normalized spacial score (nSPS) is 12.3. The fourth-order valence-corrected chi connectivity index (χ4v) is 1.63. The minimum atomic E-state index is -4.56. The van der Waals surface area contributed by atoms with Gasteiger partial charge in [0.1, 0.15) is 11.4 Å². The highest BCUT2D eigenvalue weighted by atomic mass is 32.2. The molecule has 0 unspecified atom stereocenters. The van der Waals surface area contributed by atoms with E-state index in [-0.39, 0.29) is 11.4 Å². The van der Waals surface area contributed by atoms with Crippen molar-refractivity contribution in [3.05, 3.63) is 36.4 Å². The van der Waals surface area contributed by atoms with Gasteiger partial charge in [0.2, 0.25) is 0 Å². The molecule has 0 amide bonds. The van der Waals surface area contributed by atoms with Crippen LogP contribution in [0.3, 0.4) is 0 Å². The number of phenols is 1. The lowest BCUT2D eigenvalue weighted by molar-refractivity contribution is 0.476. The van der Waals surface area contributed by atoms with E-state index in [1.165, 1.54) is 6.07 Å². The molecule has 0 spiro atoms. The maximum Gasteiger partial charge on any atom is 0.396 e. The van der Waals surface area contributed by atoms with Gasteiger partial charge in [-0.1, -0.05) is 30.3 Å². The largest absolute Gasteiger partial charge is 0.506 e. The number of aromatic hydroxyl groups is 1. The average molecular weight is 252 g/mol. The second-order valence-corrected chi connectivity index (χ2v) is 4.34. The highest BCUT2D eigenvalue weighted by molar-refractivity contribution is 7.84. The molecule has 0 atom stereocenters. The molecular weight excluding hydrogens is 244 g/mol. The van der Waals surface area contributed by atoms with Crippen molar-refractivity contribution in [2.24, 2.45) is 9.63 Å². The van der Waals surface area contributed by atoms with E-state index in [9.17, 15) is 13.5 Å². The van der Waals surface area contributed by atoms with Crippen LogP contribution in [-0.4, -0.2) is 18.1 Å². The van der Waals surface area contributed by atoms with E-state index in [0.717, 1.165) is 5.39 Å². The number of hydrogen-bond donors (Lipinski definition) is 2. The van der Waals surface area contributed by atoms with Crippen LogP contribution in [0.2, 0.25) is 0 Å². The molecule has 0 fully saturated rings. The second kappa shape index (κ2) is 4.11. The van der Waals surface area contributed by atoms with Crippen molar-refractivity contribution in [2.75, 3.05) is 0 Å². The topological polar surface area (TPSA) is 99.3 Å². The summed E-state index contributed by atoms with van der Waals surface area (Å²) in [5, 5.41) is 14.2. The van der Waals surface area contributed by atoms with Crippen LogP contribution in [0.25, 0.3) is 10.8 Å². The summed E-state index contributed by atoms with van der Waals surface area (Å²) >= 11 is 0. The number of hydrogen-bond acceptors (Lipinski definition) is 4. The van der Waals surface area contributed by atoms with Crippen molar-refractivity contribution in [1.82, 2.24) is 0 Å². The predicted molar refractivity (Wildman–Crippen MR) is 61.7 cm³/mol. The van der Waals surface area contributed by atoms with Crippen molar-refractivity contribution >= 4 is 26.8 Å². The maximum absolute atomic E-state index is 10.5. The first-order valence-electron chi connectivity index (χ1n) is 4.58. The Labute approximate surface area is 97.1 Å². The fraction of sp³-hybridized carbons (Fsp3) is 0. The number of benzene rings is 2. The van der Waals surface area contributed by atoms with Crippen molar-refractivity contribution in [3.8, 4) is 5.75 Å². The van der Waals surface area contributed by atoms with E-state index in [1.807, 2.05) is 0 Å². The molecule has 0 aromatic heterocycles. The monoisotopic (exact) mass is 252 g/mol. The summed E-state index contributed by atoms with van der Waals surface area (Å²) < 4.78 is 32.1. The van der Waals surface area contributed by atoms with Crippen LogP contribution in [0.1, 0.15) is 0 Å². The van der Waals surface area contributed by atoms with Crippen molar-refractivity contribution in [1.29, 1.82) is 0 Å². The smallest absolute Gasteiger partial charge is 0.396 e. The van der Waals surface area contributed by atoms with Crippen molar-refractivity contribution in [3.63, 3.8) is 0 Å². The van der Waals surface area contributed by atoms with Gasteiger partial charge in [0.05, 0.1) is 0 Å². The van der Waals surface area contributed by atoms with Gasteiger partial charge in [0.25, 0.3) is 0 Å². The van der Waals surface area contributed by atoms with Crippen molar-refractivity contribution < 1.29 is 18.1 Å². The van der Waals surface area contributed by atoms with Gasteiger partial charge in [-0.25, -0.2) is 0 Å². The third-order valence-electron chi connectivity index (χ3n) is 2.12. The minimum Gasteiger partial charge on any atom is -0.506 e. The number of fused-ring (bicyclic) bond motifs is 1. The van der Waals surface area contributed by atoms with Gasteiger partial charge in [-0.3, -0.25) is 4.55 Å². The van der Waals surface area contributed by atoms with E-state index in [2.05, 4.69) is 9.63 Å². The van der Waals surface area contributed by atoms with Gasteiger partial charge in [-0.2, -0.15) is 8.42 Å². The Morgan fingerprint density at radius 3 is 2.47 bits per heavy atom. The van der Waals surface area contributed by atoms with Crippen LogP contribution in [0.5, 0.6) is 5.75 Å². The van der Waals surface area contributed by atoms with Gasteiger partial charge in [0.15, 0.2) is 0 Å². The van der Waals surface area contributed by atoms with Gasteiger partial charge < -0.3 is 5.11 Å². The summed E-state index contributed by atoms with van der Waals surface area (Å²) in [6, 6.07) is 9.99. The molecule has 0 aliphatic carbocycles. The SMILES string of the molecule is O=S(=O)(O)N=Nc1c(O)ccc2ccccc12. The molecule has 2 N–H and O–H groups in total. The molecule has 0 saturated carbocycles. The number of rotatable bonds is 2. The lowest BCUT2D eigenvalue weighted by Gasteiger charge is -2.02. The van der Waals surface area contributed by atoms with E-state index in [4.69, 9.17) is 4.55 Å². The quantitative estimate of drug-likeness (QED) is 0.633. The first-order chi connectivity index (χ1) is 7.97. The third-order valence-corrected chi connectivity index (χ3v) is 2.41. The Morgan fingerprint density at radius 1 is 1.06 bits per heavy atom. The Bertz CT molecular complexity index is 695. The minimum absolute atomic E-state index is 0.000671. The Balaban J connectivity index is 2.67. The Kier molecular flexibility index (Phi) is 2.78. The molecular formula is C10H8N2O4S. The zero-order chi connectivity index (χ0) is 12.5. The summed E-state index contributed by atoms with van der Waals surface area (Å²) in [5.74, 6) is -0.212. The van der Waals surface area contributed by atoms with E-state index < -0.39 is 10.3 Å². The first-order valence-corrected chi connectivity index (χ1v) is 5.98. The summed E-state index contributed by atoms with van der Waals surface area (Å²) in [4.78, 5) is 0. The van der Waals surface area contributed by atoms with Gasteiger partial charge in [0, 0.05) is 5.39 Å². The summed E-state index contributed by atoms with van der Waals surface area (Å²) in [7, 11) is -4.56. The molecule has 2 rings (SSSR count). The summed E-state index contributed by atoms with van der Waals surface area (Å²) in [6.07, 6.45) is 0. The molecule has 7 heteroatoms. The van der Waals surface area contributed by atoms with Crippen LogP contribution in [0.4, 0.5) is 5.69 Å². The maximum atomic E-state index is 10.5. The summed E-state index contributed by atoms with van der Waals surface area (Å²) in [6.45, 7) is 0. The molecule has 0 radical (unpaired) electrons. The third kappa shape index (κ3) is 2.58. The highest BCUT2D eigenvalue weighted by Gasteiger charge is 2.07. The van der Waals surface area contributed by atoms with Crippen LogP contribution in [-0.2, 0) is 10.3 Å². The first kappa shape index (κ1) is 11.5.